The molecule has 0 heterocycles. The largest absolute Gasteiger partial charge is 0.496 e. The highest BCUT2D eigenvalue weighted by atomic mass is 35.5. The average Bonchev–Trinajstić information content (AvgIpc) is 2.49. The molecule has 0 atom stereocenters. The Morgan fingerprint density at radius 2 is 1.75 bits per heavy atom. The maximum absolute atomic E-state index is 12.8. The van der Waals surface area contributed by atoms with Crippen molar-refractivity contribution in [2.24, 2.45) is 0 Å². The van der Waals surface area contributed by atoms with E-state index in [1.165, 1.54) is 0 Å². The van der Waals surface area contributed by atoms with Gasteiger partial charge in [-0.15, -0.1) is 0 Å². The summed E-state index contributed by atoms with van der Waals surface area (Å²) in [5, 5.41) is 0.925. The first-order valence-corrected chi connectivity index (χ1v) is 9.49. The molecule has 130 valence electrons. The van der Waals surface area contributed by atoms with Gasteiger partial charge in [-0.3, -0.25) is 0 Å². The zero-order valence-electron chi connectivity index (χ0n) is 13.9. The van der Waals surface area contributed by atoms with E-state index in [1.807, 2.05) is 6.92 Å². The van der Waals surface area contributed by atoms with Crippen LogP contribution in [-0.4, -0.2) is 15.5 Å². The van der Waals surface area contributed by atoms with Gasteiger partial charge in [-0.2, -0.15) is 0 Å². The van der Waals surface area contributed by atoms with Crippen LogP contribution in [0.3, 0.4) is 0 Å². The Labute approximate surface area is 152 Å². The van der Waals surface area contributed by atoms with Crippen LogP contribution in [0.2, 0.25) is 10.0 Å². The molecule has 0 amide bonds. The fourth-order valence-electron chi connectivity index (χ4n) is 2.56. The summed E-state index contributed by atoms with van der Waals surface area (Å²) in [7, 11) is -2.13. The molecule has 0 aliphatic rings. The van der Waals surface area contributed by atoms with Gasteiger partial charge in [-0.1, -0.05) is 29.3 Å². The molecular weight excluding hydrogens is 369 g/mol. The van der Waals surface area contributed by atoms with E-state index in [1.54, 1.807) is 45.2 Å². The maximum atomic E-state index is 12.8. The zero-order chi connectivity index (χ0) is 18.1. The minimum absolute atomic E-state index is 0.0856. The van der Waals surface area contributed by atoms with Crippen LogP contribution in [0, 0.1) is 20.8 Å². The van der Waals surface area contributed by atoms with Crippen molar-refractivity contribution in [3.05, 3.63) is 56.6 Å². The van der Waals surface area contributed by atoms with Gasteiger partial charge in [0.15, 0.2) is 0 Å². The van der Waals surface area contributed by atoms with Gasteiger partial charge in [-0.25, -0.2) is 13.1 Å². The third kappa shape index (κ3) is 3.86. The monoisotopic (exact) mass is 387 g/mol. The number of benzene rings is 2. The van der Waals surface area contributed by atoms with E-state index < -0.39 is 10.0 Å². The summed E-state index contributed by atoms with van der Waals surface area (Å²) in [6.07, 6.45) is 0. The number of hydrogen-bond acceptors (Lipinski definition) is 3. The van der Waals surface area contributed by atoms with E-state index in [-0.39, 0.29) is 11.4 Å². The smallest absolute Gasteiger partial charge is 0.241 e. The topological polar surface area (TPSA) is 55.4 Å². The van der Waals surface area contributed by atoms with Crippen molar-refractivity contribution in [1.29, 1.82) is 0 Å². The van der Waals surface area contributed by atoms with Crippen LogP contribution in [0.5, 0.6) is 5.75 Å². The van der Waals surface area contributed by atoms with Crippen LogP contribution < -0.4 is 9.46 Å². The van der Waals surface area contributed by atoms with E-state index in [9.17, 15) is 8.42 Å². The van der Waals surface area contributed by atoms with Gasteiger partial charge < -0.3 is 4.74 Å². The van der Waals surface area contributed by atoms with Gasteiger partial charge in [0.05, 0.1) is 12.0 Å². The number of methoxy groups -OCH3 is 1. The van der Waals surface area contributed by atoms with Gasteiger partial charge in [0.2, 0.25) is 10.0 Å². The van der Waals surface area contributed by atoms with Crippen molar-refractivity contribution in [1.82, 2.24) is 4.72 Å². The molecule has 0 unspecified atom stereocenters. The second kappa shape index (κ2) is 7.31. The van der Waals surface area contributed by atoms with Gasteiger partial charge in [0.1, 0.15) is 5.75 Å². The predicted molar refractivity (Wildman–Crippen MR) is 97.7 cm³/mol. The number of aryl methyl sites for hydroxylation is 1. The first-order chi connectivity index (χ1) is 11.2. The SMILES string of the molecule is COc1cc(C)c(S(=O)(=O)NCc2ccc(Cl)cc2Cl)c(C)c1C. The fraction of sp³-hybridized carbons (Fsp3) is 0.294. The number of ether oxygens (including phenoxy) is 1. The van der Waals surface area contributed by atoms with Crippen molar-refractivity contribution >= 4 is 33.2 Å². The molecule has 1 N–H and O–H groups in total. The van der Waals surface area contributed by atoms with Crippen LogP contribution in [0.15, 0.2) is 29.2 Å². The number of sulfonamides is 1. The molecular formula is C17H19Cl2NO3S. The fourth-order valence-corrected chi connectivity index (χ4v) is 4.56. The summed E-state index contributed by atoms with van der Waals surface area (Å²) in [5.74, 6) is 0.671. The summed E-state index contributed by atoms with van der Waals surface area (Å²) in [4.78, 5) is 0.269. The van der Waals surface area contributed by atoms with Crippen molar-refractivity contribution in [2.45, 2.75) is 32.2 Å². The third-order valence-corrected chi connectivity index (χ3v) is 6.21. The van der Waals surface area contributed by atoms with Gasteiger partial charge >= 0.3 is 0 Å². The van der Waals surface area contributed by atoms with Crippen molar-refractivity contribution in [2.75, 3.05) is 7.11 Å². The minimum atomic E-state index is -3.69. The second-order valence-electron chi connectivity index (χ2n) is 5.54. The molecule has 0 saturated heterocycles. The second-order valence-corrected chi connectivity index (χ2v) is 8.08. The third-order valence-electron chi connectivity index (χ3n) is 3.93. The molecule has 0 saturated carbocycles. The van der Waals surface area contributed by atoms with E-state index in [0.717, 1.165) is 5.56 Å². The molecule has 2 rings (SSSR count). The lowest BCUT2D eigenvalue weighted by Gasteiger charge is -2.17. The molecule has 24 heavy (non-hydrogen) atoms. The standard InChI is InChI=1S/C17H19Cl2NO3S/c1-10-7-16(23-4)11(2)12(3)17(10)24(21,22)20-9-13-5-6-14(18)8-15(13)19/h5-8,20H,9H2,1-4H3. The Bertz CT molecular complexity index is 880. The summed E-state index contributed by atoms with van der Waals surface area (Å²) in [6, 6.07) is 6.68. The van der Waals surface area contributed by atoms with E-state index in [2.05, 4.69) is 4.72 Å². The molecule has 0 aliphatic carbocycles. The predicted octanol–water partition coefficient (Wildman–Crippen LogP) is 4.41. The van der Waals surface area contributed by atoms with Gasteiger partial charge in [-0.05, 0) is 61.2 Å². The molecule has 2 aromatic carbocycles. The molecule has 0 fully saturated rings. The summed E-state index contributed by atoms with van der Waals surface area (Å²) in [6.45, 7) is 5.44. The highest BCUT2D eigenvalue weighted by Crippen LogP contribution is 2.30. The van der Waals surface area contributed by atoms with E-state index in [4.69, 9.17) is 27.9 Å². The first kappa shape index (κ1) is 19.1. The normalized spacial score (nSPS) is 11.6. The molecule has 0 radical (unpaired) electrons. The molecule has 4 nitrogen and oxygen atoms in total. The molecule has 0 aliphatic heterocycles. The molecule has 0 bridgehead atoms. The summed E-state index contributed by atoms with van der Waals surface area (Å²) < 4.78 is 33.4. The highest BCUT2D eigenvalue weighted by Gasteiger charge is 2.22. The lowest BCUT2D eigenvalue weighted by Crippen LogP contribution is -2.25. The first-order valence-electron chi connectivity index (χ1n) is 7.25. The summed E-state index contributed by atoms with van der Waals surface area (Å²) >= 11 is 12.0. The van der Waals surface area contributed by atoms with Crippen LogP contribution in [-0.2, 0) is 16.6 Å². The molecule has 7 heteroatoms. The molecule has 2 aromatic rings. The van der Waals surface area contributed by atoms with Crippen LogP contribution in [0.4, 0.5) is 0 Å². The van der Waals surface area contributed by atoms with Gasteiger partial charge in [0.25, 0.3) is 0 Å². The Kier molecular flexibility index (Phi) is 5.81. The average molecular weight is 388 g/mol. The van der Waals surface area contributed by atoms with Gasteiger partial charge in [0, 0.05) is 16.6 Å². The lowest BCUT2D eigenvalue weighted by molar-refractivity contribution is 0.410. The molecule has 0 aromatic heterocycles. The number of rotatable bonds is 5. The van der Waals surface area contributed by atoms with Crippen molar-refractivity contribution in [3.8, 4) is 5.75 Å². The maximum Gasteiger partial charge on any atom is 0.241 e. The highest BCUT2D eigenvalue weighted by molar-refractivity contribution is 7.89. The molecule has 0 spiro atoms. The van der Waals surface area contributed by atoms with Crippen LogP contribution >= 0.6 is 23.2 Å². The minimum Gasteiger partial charge on any atom is -0.496 e. The Morgan fingerprint density at radius 1 is 1.08 bits per heavy atom. The Morgan fingerprint density at radius 3 is 2.33 bits per heavy atom. The summed E-state index contributed by atoms with van der Waals surface area (Å²) in [5.41, 5.74) is 2.75. The Balaban J connectivity index is 2.36. The lowest BCUT2D eigenvalue weighted by atomic mass is 10.1. The van der Waals surface area contributed by atoms with Crippen LogP contribution in [0.1, 0.15) is 22.3 Å². The van der Waals surface area contributed by atoms with E-state index >= 15 is 0 Å². The number of hydrogen-bond donors (Lipinski definition) is 1. The number of nitrogens with one attached hydrogen (secondary N) is 1. The zero-order valence-corrected chi connectivity index (χ0v) is 16.2. The quantitative estimate of drug-likeness (QED) is 0.826. The number of halogens is 2. The Hall–Kier alpha value is -1.27. The van der Waals surface area contributed by atoms with Crippen molar-refractivity contribution in [3.63, 3.8) is 0 Å². The van der Waals surface area contributed by atoms with Crippen molar-refractivity contribution < 1.29 is 13.2 Å². The van der Waals surface area contributed by atoms with E-state index in [0.29, 0.717) is 32.5 Å². The van der Waals surface area contributed by atoms with Crippen LogP contribution in [0.25, 0.3) is 0 Å².